The van der Waals surface area contributed by atoms with E-state index in [1.54, 1.807) is 18.2 Å². The predicted molar refractivity (Wildman–Crippen MR) is 71.6 cm³/mol. The van der Waals surface area contributed by atoms with Crippen LogP contribution in [0.2, 0.25) is 5.02 Å². The summed E-state index contributed by atoms with van der Waals surface area (Å²) < 4.78 is 5.65. The summed E-state index contributed by atoms with van der Waals surface area (Å²) in [5, 5.41) is 9.69. The minimum atomic E-state index is -0.760. The fourth-order valence-electron chi connectivity index (χ4n) is 2.38. The summed E-state index contributed by atoms with van der Waals surface area (Å²) in [5.41, 5.74) is 1.36. The van der Waals surface area contributed by atoms with Crippen LogP contribution in [-0.4, -0.2) is 29.1 Å². The Morgan fingerprint density at radius 2 is 2.37 bits per heavy atom. The monoisotopic (exact) mass is 280 g/mol. The number of hydrogen-bond acceptors (Lipinski definition) is 4. The van der Waals surface area contributed by atoms with Gasteiger partial charge in [0.2, 0.25) is 0 Å². The number of anilines is 1. The van der Waals surface area contributed by atoms with E-state index in [1.807, 2.05) is 4.90 Å². The summed E-state index contributed by atoms with van der Waals surface area (Å²) in [5.74, 6) is -1.11. The van der Waals surface area contributed by atoms with E-state index in [9.17, 15) is 4.79 Å². The van der Waals surface area contributed by atoms with Crippen molar-refractivity contribution in [3.8, 4) is 0 Å². The Hall–Kier alpha value is -1.75. The van der Waals surface area contributed by atoms with Crippen LogP contribution in [-0.2, 0) is 4.79 Å². The van der Waals surface area contributed by atoms with Crippen LogP contribution in [0.5, 0.6) is 0 Å². The number of piperidine rings is 1. The number of rotatable bonds is 2. The van der Waals surface area contributed by atoms with E-state index in [4.69, 9.17) is 21.1 Å². The summed E-state index contributed by atoms with van der Waals surface area (Å²) in [6.45, 7) is 1.21. The number of oxazole rings is 1. The Balaban J connectivity index is 1.89. The van der Waals surface area contributed by atoms with Crippen molar-refractivity contribution in [3.63, 3.8) is 0 Å². The molecule has 1 N–H and O–H groups in total. The van der Waals surface area contributed by atoms with Gasteiger partial charge in [0, 0.05) is 18.1 Å². The molecule has 6 heteroatoms. The minimum Gasteiger partial charge on any atom is -0.481 e. The highest BCUT2D eigenvalue weighted by atomic mass is 35.5. The Kier molecular flexibility index (Phi) is 3.06. The lowest BCUT2D eigenvalue weighted by atomic mass is 9.99. The lowest BCUT2D eigenvalue weighted by molar-refractivity contribution is -0.141. The van der Waals surface area contributed by atoms with Crippen molar-refractivity contribution in [1.29, 1.82) is 0 Å². The summed E-state index contributed by atoms with van der Waals surface area (Å²) in [4.78, 5) is 17.3. The van der Waals surface area contributed by atoms with Crippen LogP contribution in [0.15, 0.2) is 22.6 Å². The summed E-state index contributed by atoms with van der Waals surface area (Å²) in [6, 6.07) is 5.73. The molecule has 1 saturated heterocycles. The first-order valence-corrected chi connectivity index (χ1v) is 6.55. The number of aromatic nitrogens is 1. The lowest BCUT2D eigenvalue weighted by Gasteiger charge is -2.29. The number of carbonyl (C=O) groups is 1. The molecule has 1 fully saturated rings. The topological polar surface area (TPSA) is 66.6 Å². The zero-order chi connectivity index (χ0) is 13.4. The first-order chi connectivity index (χ1) is 9.13. The van der Waals surface area contributed by atoms with Crippen LogP contribution in [0.1, 0.15) is 12.8 Å². The van der Waals surface area contributed by atoms with Crippen molar-refractivity contribution in [3.05, 3.63) is 23.2 Å². The number of benzene rings is 1. The maximum absolute atomic E-state index is 11.1. The van der Waals surface area contributed by atoms with E-state index in [0.717, 1.165) is 13.0 Å². The molecule has 100 valence electrons. The van der Waals surface area contributed by atoms with Crippen molar-refractivity contribution in [2.75, 3.05) is 18.0 Å². The number of hydrogen-bond donors (Lipinski definition) is 1. The maximum atomic E-state index is 11.1. The Bertz CT molecular complexity index is 625. The molecule has 0 spiro atoms. The molecule has 1 aliphatic rings. The number of aliphatic carboxylic acids is 1. The lowest BCUT2D eigenvalue weighted by Crippen LogP contribution is -2.38. The van der Waals surface area contributed by atoms with Gasteiger partial charge in [-0.2, -0.15) is 4.98 Å². The van der Waals surface area contributed by atoms with Gasteiger partial charge in [0.05, 0.1) is 5.92 Å². The molecule has 1 aromatic heterocycles. The number of nitrogens with zero attached hydrogens (tertiary/aromatic N) is 2. The molecule has 0 amide bonds. The average molecular weight is 281 g/mol. The second-order valence-electron chi connectivity index (χ2n) is 4.73. The van der Waals surface area contributed by atoms with Gasteiger partial charge in [0.25, 0.3) is 6.01 Å². The molecule has 1 aromatic carbocycles. The molecule has 1 unspecified atom stereocenters. The fraction of sp³-hybridized carbons (Fsp3) is 0.385. The van der Waals surface area contributed by atoms with Crippen molar-refractivity contribution in [2.45, 2.75) is 12.8 Å². The van der Waals surface area contributed by atoms with Gasteiger partial charge >= 0.3 is 5.97 Å². The van der Waals surface area contributed by atoms with Gasteiger partial charge in [-0.1, -0.05) is 11.6 Å². The third kappa shape index (κ3) is 2.38. The van der Waals surface area contributed by atoms with E-state index in [-0.39, 0.29) is 5.92 Å². The number of halogens is 1. The zero-order valence-electron chi connectivity index (χ0n) is 10.2. The van der Waals surface area contributed by atoms with E-state index in [2.05, 4.69) is 4.98 Å². The van der Waals surface area contributed by atoms with E-state index in [1.165, 1.54) is 0 Å². The van der Waals surface area contributed by atoms with Crippen molar-refractivity contribution >= 4 is 34.7 Å². The van der Waals surface area contributed by atoms with Gasteiger partial charge in [-0.3, -0.25) is 4.79 Å². The third-order valence-electron chi connectivity index (χ3n) is 3.38. The molecular weight excluding hydrogens is 268 g/mol. The SMILES string of the molecule is O=C(O)C1CCCN(c2nc3cc(Cl)ccc3o2)C1. The average Bonchev–Trinajstić information content (AvgIpc) is 2.81. The highest BCUT2D eigenvalue weighted by Gasteiger charge is 2.27. The Labute approximate surface area is 114 Å². The third-order valence-corrected chi connectivity index (χ3v) is 3.61. The predicted octanol–water partition coefficient (Wildman–Crippen LogP) is 2.78. The molecule has 3 rings (SSSR count). The zero-order valence-corrected chi connectivity index (χ0v) is 10.9. The molecule has 19 heavy (non-hydrogen) atoms. The standard InChI is InChI=1S/C13H13ClN2O3/c14-9-3-4-11-10(6-9)15-13(19-11)16-5-1-2-8(7-16)12(17)18/h3-4,6,8H,1-2,5,7H2,(H,17,18). The minimum absolute atomic E-state index is 0.354. The largest absolute Gasteiger partial charge is 0.481 e. The van der Waals surface area contributed by atoms with Gasteiger partial charge in [0.15, 0.2) is 5.58 Å². The molecule has 2 heterocycles. The fourth-order valence-corrected chi connectivity index (χ4v) is 2.54. The number of carboxylic acids is 1. The van der Waals surface area contributed by atoms with E-state index >= 15 is 0 Å². The molecule has 1 atom stereocenters. The summed E-state index contributed by atoms with van der Waals surface area (Å²) in [7, 11) is 0. The molecule has 5 nitrogen and oxygen atoms in total. The van der Waals surface area contributed by atoms with E-state index in [0.29, 0.717) is 35.1 Å². The maximum Gasteiger partial charge on any atom is 0.308 e. The Morgan fingerprint density at radius 3 is 3.16 bits per heavy atom. The molecule has 1 aliphatic heterocycles. The summed E-state index contributed by atoms with van der Waals surface area (Å²) in [6.07, 6.45) is 1.54. The van der Waals surface area contributed by atoms with Crippen LogP contribution in [0.4, 0.5) is 6.01 Å². The second kappa shape index (κ2) is 4.74. The molecule has 0 aliphatic carbocycles. The van der Waals surface area contributed by atoms with Crippen LogP contribution in [0.25, 0.3) is 11.1 Å². The molecule has 0 saturated carbocycles. The van der Waals surface area contributed by atoms with Crippen molar-refractivity contribution < 1.29 is 14.3 Å². The normalized spacial score (nSPS) is 19.8. The van der Waals surface area contributed by atoms with Crippen LogP contribution in [0, 0.1) is 5.92 Å². The van der Waals surface area contributed by atoms with Crippen molar-refractivity contribution in [2.24, 2.45) is 5.92 Å². The van der Waals surface area contributed by atoms with Crippen LogP contribution in [0.3, 0.4) is 0 Å². The van der Waals surface area contributed by atoms with Crippen LogP contribution < -0.4 is 4.90 Å². The molecule has 2 aromatic rings. The molecular formula is C13H13ClN2O3. The van der Waals surface area contributed by atoms with Crippen LogP contribution >= 0.6 is 11.6 Å². The number of carboxylic acid groups (broad SMARTS) is 1. The van der Waals surface area contributed by atoms with Gasteiger partial charge < -0.3 is 14.4 Å². The molecule has 0 radical (unpaired) electrons. The second-order valence-corrected chi connectivity index (χ2v) is 5.17. The summed E-state index contributed by atoms with van der Waals surface area (Å²) >= 11 is 5.91. The highest BCUT2D eigenvalue weighted by molar-refractivity contribution is 6.31. The van der Waals surface area contributed by atoms with Gasteiger partial charge in [-0.15, -0.1) is 0 Å². The Morgan fingerprint density at radius 1 is 1.53 bits per heavy atom. The first kappa shape index (κ1) is 12.3. The molecule has 0 bridgehead atoms. The first-order valence-electron chi connectivity index (χ1n) is 6.17. The van der Waals surface area contributed by atoms with Gasteiger partial charge in [0.1, 0.15) is 5.52 Å². The quantitative estimate of drug-likeness (QED) is 0.916. The number of fused-ring (bicyclic) bond motifs is 1. The van der Waals surface area contributed by atoms with E-state index < -0.39 is 5.97 Å². The van der Waals surface area contributed by atoms with Gasteiger partial charge in [-0.25, -0.2) is 0 Å². The smallest absolute Gasteiger partial charge is 0.308 e. The van der Waals surface area contributed by atoms with Gasteiger partial charge in [-0.05, 0) is 31.0 Å². The van der Waals surface area contributed by atoms with Crippen molar-refractivity contribution in [1.82, 2.24) is 4.98 Å². The highest BCUT2D eigenvalue weighted by Crippen LogP contribution is 2.27.